The number of carbonyl (C=O) groups is 1. The molecule has 1 unspecified atom stereocenters. The Balaban J connectivity index is 1.54. The minimum absolute atomic E-state index is 0.00108. The Hall–Kier alpha value is -1.60. The number of hydrogen-bond acceptors (Lipinski definition) is 4. The van der Waals surface area contributed by atoms with E-state index in [4.69, 9.17) is 4.74 Å². The van der Waals surface area contributed by atoms with E-state index >= 15 is 0 Å². The SMILES string of the molecule is COCCNCCNC(=O)N1CC(C)(C)C1c1nccn1CC1CC1. The first kappa shape index (κ1) is 18.2. The van der Waals surface area contributed by atoms with Gasteiger partial charge in [0.2, 0.25) is 0 Å². The average Bonchev–Trinajstić information content (AvgIpc) is 3.28. The fourth-order valence-electron chi connectivity index (χ4n) is 3.56. The summed E-state index contributed by atoms with van der Waals surface area (Å²) in [5.74, 6) is 1.81. The molecule has 25 heavy (non-hydrogen) atoms. The largest absolute Gasteiger partial charge is 0.383 e. The molecule has 1 aliphatic heterocycles. The van der Waals surface area contributed by atoms with Crippen LogP contribution < -0.4 is 10.6 Å². The van der Waals surface area contributed by atoms with Crippen LogP contribution in [0.25, 0.3) is 0 Å². The van der Waals surface area contributed by atoms with Crippen molar-refractivity contribution in [3.8, 4) is 0 Å². The third-order valence-corrected chi connectivity index (χ3v) is 5.10. The van der Waals surface area contributed by atoms with Gasteiger partial charge in [-0.3, -0.25) is 0 Å². The zero-order chi connectivity index (χ0) is 17.9. The van der Waals surface area contributed by atoms with Crippen molar-refractivity contribution in [3.63, 3.8) is 0 Å². The number of methoxy groups -OCH3 is 1. The van der Waals surface area contributed by atoms with Crippen LogP contribution in [0.15, 0.2) is 12.4 Å². The molecule has 1 aromatic rings. The van der Waals surface area contributed by atoms with E-state index in [1.54, 1.807) is 7.11 Å². The van der Waals surface area contributed by atoms with Crippen LogP contribution >= 0.6 is 0 Å². The molecule has 2 heterocycles. The second kappa shape index (κ2) is 7.74. The average molecular weight is 349 g/mol. The molecular formula is C18H31N5O2. The molecule has 0 radical (unpaired) electrons. The first-order valence-electron chi connectivity index (χ1n) is 9.28. The van der Waals surface area contributed by atoms with Crippen LogP contribution in [0.4, 0.5) is 4.79 Å². The van der Waals surface area contributed by atoms with Crippen molar-refractivity contribution < 1.29 is 9.53 Å². The van der Waals surface area contributed by atoms with Crippen molar-refractivity contribution in [1.29, 1.82) is 0 Å². The highest BCUT2D eigenvalue weighted by molar-refractivity contribution is 5.76. The van der Waals surface area contributed by atoms with Crippen LogP contribution in [0.3, 0.4) is 0 Å². The van der Waals surface area contributed by atoms with Gasteiger partial charge in [0.05, 0.1) is 12.6 Å². The molecule has 1 aliphatic carbocycles. The summed E-state index contributed by atoms with van der Waals surface area (Å²) in [7, 11) is 1.68. The van der Waals surface area contributed by atoms with Crippen LogP contribution in [-0.4, -0.2) is 60.4 Å². The number of ether oxygens (including phenoxy) is 1. The molecule has 1 aromatic heterocycles. The summed E-state index contributed by atoms with van der Waals surface area (Å²) in [5.41, 5.74) is 0.0563. The Morgan fingerprint density at radius 2 is 2.16 bits per heavy atom. The topological polar surface area (TPSA) is 71.4 Å². The number of carbonyl (C=O) groups excluding carboxylic acids is 1. The molecule has 0 spiro atoms. The summed E-state index contributed by atoms with van der Waals surface area (Å²) in [6.45, 7) is 9.05. The maximum Gasteiger partial charge on any atom is 0.318 e. The van der Waals surface area contributed by atoms with Gasteiger partial charge in [-0.2, -0.15) is 0 Å². The summed E-state index contributed by atoms with van der Waals surface area (Å²) in [6, 6.07) is 0.0431. The maximum atomic E-state index is 12.6. The van der Waals surface area contributed by atoms with Gasteiger partial charge in [-0.1, -0.05) is 13.8 Å². The molecule has 2 aliphatic rings. The van der Waals surface area contributed by atoms with Crippen molar-refractivity contribution >= 4 is 6.03 Å². The van der Waals surface area contributed by atoms with E-state index in [0.29, 0.717) is 13.2 Å². The van der Waals surface area contributed by atoms with Crippen molar-refractivity contribution in [2.45, 2.75) is 39.3 Å². The standard InChI is InChI=1S/C18H31N5O2/c1-18(2)13-23(17(24)21-7-6-19-9-11-25-3)15(18)16-20-8-10-22(16)12-14-4-5-14/h8,10,14-15,19H,4-7,9,11-13H2,1-3H3,(H,21,24). The van der Waals surface area contributed by atoms with Crippen LogP contribution in [0.5, 0.6) is 0 Å². The molecule has 0 aromatic carbocycles. The van der Waals surface area contributed by atoms with E-state index in [0.717, 1.165) is 37.9 Å². The van der Waals surface area contributed by atoms with Crippen LogP contribution in [-0.2, 0) is 11.3 Å². The van der Waals surface area contributed by atoms with E-state index in [1.165, 1.54) is 12.8 Å². The Bertz CT molecular complexity index is 582. The Morgan fingerprint density at radius 3 is 2.84 bits per heavy atom. The molecule has 7 heteroatoms. The lowest BCUT2D eigenvalue weighted by atomic mass is 9.74. The van der Waals surface area contributed by atoms with E-state index in [1.807, 2.05) is 11.1 Å². The second-order valence-electron chi connectivity index (χ2n) is 7.87. The van der Waals surface area contributed by atoms with Gasteiger partial charge in [0.1, 0.15) is 5.82 Å². The highest BCUT2D eigenvalue weighted by Gasteiger charge is 2.51. The number of urea groups is 1. The monoisotopic (exact) mass is 349 g/mol. The van der Waals surface area contributed by atoms with Crippen molar-refractivity contribution in [2.24, 2.45) is 11.3 Å². The lowest BCUT2D eigenvalue weighted by molar-refractivity contribution is -0.0234. The molecule has 140 valence electrons. The van der Waals surface area contributed by atoms with Gasteiger partial charge >= 0.3 is 6.03 Å². The molecule has 2 N–H and O–H groups in total. The summed E-state index contributed by atoms with van der Waals surface area (Å²) >= 11 is 0. The van der Waals surface area contributed by atoms with Crippen LogP contribution in [0, 0.1) is 11.3 Å². The van der Waals surface area contributed by atoms with Crippen molar-refractivity contribution in [3.05, 3.63) is 18.2 Å². The van der Waals surface area contributed by atoms with Crippen molar-refractivity contribution in [1.82, 2.24) is 25.1 Å². The lowest BCUT2D eigenvalue weighted by Gasteiger charge is -2.53. The highest BCUT2D eigenvalue weighted by atomic mass is 16.5. The van der Waals surface area contributed by atoms with E-state index < -0.39 is 0 Å². The van der Waals surface area contributed by atoms with Crippen molar-refractivity contribution in [2.75, 3.05) is 39.9 Å². The summed E-state index contributed by atoms with van der Waals surface area (Å²) in [4.78, 5) is 19.1. The summed E-state index contributed by atoms with van der Waals surface area (Å²) in [5, 5.41) is 6.25. The first-order valence-corrected chi connectivity index (χ1v) is 9.28. The smallest absolute Gasteiger partial charge is 0.318 e. The number of imidazole rings is 1. The van der Waals surface area contributed by atoms with Gasteiger partial charge in [-0.05, 0) is 18.8 Å². The highest BCUT2D eigenvalue weighted by Crippen LogP contribution is 2.48. The molecule has 3 rings (SSSR count). The fraction of sp³-hybridized carbons (Fsp3) is 0.778. The Morgan fingerprint density at radius 1 is 1.36 bits per heavy atom. The maximum absolute atomic E-state index is 12.6. The van der Waals surface area contributed by atoms with Crippen LogP contribution in [0.2, 0.25) is 0 Å². The zero-order valence-corrected chi connectivity index (χ0v) is 15.6. The molecule has 1 saturated carbocycles. The summed E-state index contributed by atoms with van der Waals surface area (Å²) in [6.07, 6.45) is 6.54. The van der Waals surface area contributed by atoms with Gasteiger partial charge in [0.25, 0.3) is 0 Å². The molecule has 2 fully saturated rings. The zero-order valence-electron chi connectivity index (χ0n) is 15.6. The van der Waals surface area contributed by atoms with Gasteiger partial charge in [0.15, 0.2) is 0 Å². The number of aromatic nitrogens is 2. The van der Waals surface area contributed by atoms with Gasteiger partial charge in [-0.25, -0.2) is 9.78 Å². The third-order valence-electron chi connectivity index (χ3n) is 5.10. The molecule has 2 amide bonds. The normalized spacial score (nSPS) is 21.9. The van der Waals surface area contributed by atoms with E-state index in [-0.39, 0.29) is 17.5 Å². The van der Waals surface area contributed by atoms with Gasteiger partial charge < -0.3 is 24.8 Å². The number of hydrogen-bond donors (Lipinski definition) is 2. The number of likely N-dealkylation sites (tertiary alicyclic amines) is 1. The van der Waals surface area contributed by atoms with E-state index in [2.05, 4.69) is 40.2 Å². The quantitative estimate of drug-likeness (QED) is 0.665. The number of nitrogens with zero attached hydrogens (tertiary/aromatic N) is 3. The van der Waals surface area contributed by atoms with Crippen LogP contribution in [0.1, 0.15) is 38.6 Å². The fourth-order valence-corrected chi connectivity index (χ4v) is 3.56. The molecule has 1 atom stereocenters. The number of rotatable bonds is 9. The Labute approximate surface area is 150 Å². The predicted octanol–water partition coefficient (Wildman–Crippen LogP) is 1.62. The molecule has 1 saturated heterocycles. The molecule has 7 nitrogen and oxygen atoms in total. The minimum Gasteiger partial charge on any atom is -0.383 e. The second-order valence-corrected chi connectivity index (χ2v) is 7.87. The third kappa shape index (κ3) is 4.33. The van der Waals surface area contributed by atoms with Gasteiger partial charge in [-0.15, -0.1) is 0 Å². The molecular weight excluding hydrogens is 318 g/mol. The minimum atomic E-state index is -0.00108. The predicted molar refractivity (Wildman–Crippen MR) is 96.3 cm³/mol. The first-order chi connectivity index (χ1) is 12.0. The number of amides is 2. The number of nitrogens with one attached hydrogen (secondary N) is 2. The van der Waals surface area contributed by atoms with Gasteiger partial charge in [0, 0.05) is 57.6 Å². The van der Waals surface area contributed by atoms with E-state index in [9.17, 15) is 4.79 Å². The summed E-state index contributed by atoms with van der Waals surface area (Å²) < 4.78 is 7.23. The molecule has 0 bridgehead atoms. The Kier molecular flexibility index (Phi) is 5.64. The lowest BCUT2D eigenvalue weighted by Crippen LogP contribution is -2.61.